The number of ether oxygens (including phenoxy) is 2. The SMILES string of the molecule is COc1cc(Cl)ccc1Oc1nnc(C(F)(F)F)cc1C(=O)Nc1cccc(S(C)(=N)=O)c1. The van der Waals surface area contributed by atoms with Gasteiger partial charge in [-0.1, -0.05) is 17.7 Å². The molecule has 0 fully saturated rings. The van der Waals surface area contributed by atoms with Gasteiger partial charge in [0.05, 0.1) is 16.8 Å². The van der Waals surface area contributed by atoms with Gasteiger partial charge in [-0.2, -0.15) is 13.2 Å². The van der Waals surface area contributed by atoms with Gasteiger partial charge in [-0.05, 0) is 36.4 Å². The fraction of sp³-hybridized carbons (Fsp3) is 0.150. The van der Waals surface area contributed by atoms with Crippen LogP contribution < -0.4 is 14.8 Å². The molecule has 2 aromatic carbocycles. The van der Waals surface area contributed by atoms with Gasteiger partial charge in [0.1, 0.15) is 5.56 Å². The maximum absolute atomic E-state index is 13.2. The highest BCUT2D eigenvalue weighted by Crippen LogP contribution is 2.36. The maximum Gasteiger partial charge on any atom is 0.435 e. The minimum atomic E-state index is -4.86. The van der Waals surface area contributed by atoms with Crippen molar-refractivity contribution >= 4 is 32.9 Å². The lowest BCUT2D eigenvalue weighted by atomic mass is 10.2. The normalized spacial score (nSPS) is 13.2. The van der Waals surface area contributed by atoms with Gasteiger partial charge in [0.15, 0.2) is 17.2 Å². The predicted octanol–water partition coefficient (Wildman–Crippen LogP) is 5.24. The van der Waals surface area contributed by atoms with E-state index < -0.39 is 38.9 Å². The molecule has 1 unspecified atom stereocenters. The number of nitrogens with one attached hydrogen (secondary N) is 2. The number of hydrogen-bond acceptors (Lipinski definition) is 7. The molecule has 0 aliphatic rings. The second kappa shape index (κ2) is 9.24. The van der Waals surface area contributed by atoms with E-state index in [1.54, 1.807) is 0 Å². The van der Waals surface area contributed by atoms with Gasteiger partial charge in [0.2, 0.25) is 0 Å². The van der Waals surface area contributed by atoms with E-state index in [1.807, 2.05) is 0 Å². The van der Waals surface area contributed by atoms with Gasteiger partial charge in [-0.3, -0.25) is 4.79 Å². The number of anilines is 1. The Morgan fingerprint density at radius 3 is 2.48 bits per heavy atom. The number of halogens is 4. The third kappa shape index (κ3) is 5.90. The molecule has 2 N–H and O–H groups in total. The first-order valence-corrected chi connectivity index (χ1v) is 11.3. The van der Waals surface area contributed by atoms with Gasteiger partial charge in [0, 0.05) is 27.9 Å². The van der Waals surface area contributed by atoms with Crippen molar-refractivity contribution < 1.29 is 31.6 Å². The molecule has 1 atom stereocenters. The smallest absolute Gasteiger partial charge is 0.435 e. The second-order valence-corrected chi connectivity index (χ2v) is 9.26. The lowest BCUT2D eigenvalue weighted by molar-refractivity contribution is -0.141. The summed E-state index contributed by atoms with van der Waals surface area (Å²) in [7, 11) is -1.75. The molecule has 3 aromatic rings. The van der Waals surface area contributed by atoms with Crippen LogP contribution in [0.4, 0.5) is 18.9 Å². The van der Waals surface area contributed by atoms with Crippen LogP contribution in [0.2, 0.25) is 5.02 Å². The molecule has 33 heavy (non-hydrogen) atoms. The predicted molar refractivity (Wildman–Crippen MR) is 115 cm³/mol. The summed E-state index contributed by atoms with van der Waals surface area (Å²) in [6, 6.07) is 10.3. The van der Waals surface area contributed by atoms with E-state index in [1.165, 1.54) is 55.8 Å². The molecule has 1 amide bonds. The van der Waals surface area contributed by atoms with Crippen molar-refractivity contribution in [3.8, 4) is 17.4 Å². The van der Waals surface area contributed by atoms with Gasteiger partial charge in [-0.15, -0.1) is 10.2 Å². The van der Waals surface area contributed by atoms with Gasteiger partial charge in [0.25, 0.3) is 11.8 Å². The molecule has 0 radical (unpaired) electrons. The van der Waals surface area contributed by atoms with Crippen LogP contribution in [0.1, 0.15) is 16.1 Å². The van der Waals surface area contributed by atoms with E-state index >= 15 is 0 Å². The molecule has 0 spiro atoms. The number of rotatable bonds is 6. The van der Waals surface area contributed by atoms with Gasteiger partial charge < -0.3 is 14.8 Å². The van der Waals surface area contributed by atoms with Crippen molar-refractivity contribution in [2.45, 2.75) is 11.1 Å². The van der Waals surface area contributed by atoms with Crippen LogP contribution in [0.15, 0.2) is 53.4 Å². The molecule has 1 heterocycles. The number of benzene rings is 2. The number of nitrogens with zero attached hydrogens (tertiary/aromatic N) is 2. The van der Waals surface area contributed by atoms with Crippen LogP contribution in [-0.4, -0.2) is 33.7 Å². The number of hydrogen-bond donors (Lipinski definition) is 2. The molecule has 1 aromatic heterocycles. The summed E-state index contributed by atoms with van der Waals surface area (Å²) in [5.74, 6) is -1.33. The molecule has 3 rings (SSSR count). The van der Waals surface area contributed by atoms with Crippen molar-refractivity contribution in [1.29, 1.82) is 4.78 Å². The first-order valence-electron chi connectivity index (χ1n) is 9.00. The molecule has 0 aliphatic heterocycles. The summed E-state index contributed by atoms with van der Waals surface area (Å²) < 4.78 is 69.9. The summed E-state index contributed by atoms with van der Waals surface area (Å²) >= 11 is 5.90. The molecular formula is C20H16ClF3N4O4S. The van der Waals surface area contributed by atoms with Crippen molar-refractivity contribution in [1.82, 2.24) is 10.2 Å². The summed E-state index contributed by atoms with van der Waals surface area (Å²) in [6.45, 7) is 0. The zero-order chi connectivity index (χ0) is 24.4. The maximum atomic E-state index is 13.2. The average Bonchev–Trinajstić information content (AvgIpc) is 2.74. The van der Waals surface area contributed by atoms with Crippen molar-refractivity contribution in [3.63, 3.8) is 0 Å². The van der Waals surface area contributed by atoms with E-state index in [0.29, 0.717) is 11.1 Å². The minimum Gasteiger partial charge on any atom is -0.493 e. The van der Waals surface area contributed by atoms with E-state index in [4.69, 9.17) is 25.9 Å². The Hall–Kier alpha value is -3.38. The number of amides is 1. The lowest BCUT2D eigenvalue weighted by Crippen LogP contribution is -2.18. The molecule has 8 nitrogen and oxygen atoms in total. The van der Waals surface area contributed by atoms with E-state index in [-0.39, 0.29) is 22.1 Å². The topological polar surface area (TPSA) is 114 Å². The standard InChI is InChI=1S/C20H16ClF3N4O4S/c1-31-16-8-11(21)6-7-15(16)32-19-14(10-17(27-28-19)20(22,23)24)18(29)26-12-4-3-5-13(9-12)33(2,25)30/h3-10,25H,1-2H3,(H,26,29). The van der Waals surface area contributed by atoms with Crippen LogP contribution in [0.3, 0.4) is 0 Å². The summed E-state index contributed by atoms with van der Waals surface area (Å²) in [6.07, 6.45) is -3.67. The molecular weight excluding hydrogens is 485 g/mol. The van der Waals surface area contributed by atoms with Crippen LogP contribution >= 0.6 is 11.6 Å². The van der Waals surface area contributed by atoms with Crippen molar-refractivity contribution in [3.05, 3.63) is 64.8 Å². The quantitative estimate of drug-likeness (QED) is 0.478. The highest BCUT2D eigenvalue weighted by molar-refractivity contribution is 7.91. The fourth-order valence-electron chi connectivity index (χ4n) is 2.60. The first kappa shape index (κ1) is 24.3. The molecule has 0 saturated carbocycles. The summed E-state index contributed by atoms with van der Waals surface area (Å²) in [5, 5.41) is 9.26. The van der Waals surface area contributed by atoms with Crippen LogP contribution in [0.5, 0.6) is 17.4 Å². The number of carbonyl (C=O) groups excluding carboxylic acids is 1. The van der Waals surface area contributed by atoms with Crippen LogP contribution in [0, 0.1) is 4.78 Å². The Labute approximate surface area is 191 Å². The third-order valence-electron chi connectivity index (χ3n) is 4.17. The third-order valence-corrected chi connectivity index (χ3v) is 5.56. The zero-order valence-corrected chi connectivity index (χ0v) is 18.6. The van der Waals surface area contributed by atoms with Crippen molar-refractivity contribution in [2.75, 3.05) is 18.7 Å². The number of methoxy groups -OCH3 is 1. The van der Waals surface area contributed by atoms with E-state index in [9.17, 15) is 22.2 Å². The largest absolute Gasteiger partial charge is 0.493 e. The van der Waals surface area contributed by atoms with Gasteiger partial charge in [-0.25, -0.2) is 8.99 Å². The highest BCUT2D eigenvalue weighted by Gasteiger charge is 2.35. The molecule has 174 valence electrons. The Morgan fingerprint density at radius 2 is 1.85 bits per heavy atom. The average molecular weight is 501 g/mol. The molecule has 0 bridgehead atoms. The minimum absolute atomic E-state index is 0.0342. The lowest BCUT2D eigenvalue weighted by Gasteiger charge is -2.14. The molecule has 13 heteroatoms. The van der Waals surface area contributed by atoms with Crippen molar-refractivity contribution in [2.24, 2.45) is 0 Å². The van der Waals surface area contributed by atoms with Crippen LogP contribution in [-0.2, 0) is 15.9 Å². The molecule has 0 aliphatic carbocycles. The van der Waals surface area contributed by atoms with Crippen LogP contribution in [0.25, 0.3) is 0 Å². The number of alkyl halides is 3. The number of carbonyl (C=O) groups is 1. The second-order valence-electron chi connectivity index (χ2n) is 6.67. The Balaban J connectivity index is 2.02. The Kier molecular flexibility index (Phi) is 6.79. The Bertz CT molecular complexity index is 1320. The molecule has 0 saturated heterocycles. The van der Waals surface area contributed by atoms with E-state index in [2.05, 4.69) is 15.5 Å². The van der Waals surface area contributed by atoms with Gasteiger partial charge >= 0.3 is 6.18 Å². The van der Waals surface area contributed by atoms with E-state index in [0.717, 1.165) is 0 Å². The highest BCUT2D eigenvalue weighted by atomic mass is 35.5. The summed E-state index contributed by atoms with van der Waals surface area (Å²) in [4.78, 5) is 13.0. The fourth-order valence-corrected chi connectivity index (χ4v) is 3.45. The number of aromatic nitrogens is 2. The first-order chi connectivity index (χ1) is 15.4. The monoisotopic (exact) mass is 500 g/mol. The summed E-state index contributed by atoms with van der Waals surface area (Å²) in [5.41, 5.74) is -1.86. The zero-order valence-electron chi connectivity index (χ0n) is 17.1. The Morgan fingerprint density at radius 1 is 1.12 bits per heavy atom.